The topological polar surface area (TPSA) is 17.0 Å². The second-order valence-corrected chi connectivity index (χ2v) is 7.32. The summed E-state index contributed by atoms with van der Waals surface area (Å²) < 4.78 is 2.40. The van der Waals surface area contributed by atoms with Crippen molar-refractivity contribution in [3.8, 4) is 0 Å². The summed E-state index contributed by atoms with van der Waals surface area (Å²) >= 11 is 0. The Hall–Kier alpha value is -2.06. The molecule has 0 atom stereocenters. The number of aromatic nitrogens is 1. The molecule has 0 aliphatic heterocycles. The smallest absolute Gasteiger partial charge is 0.0486 e. The van der Waals surface area contributed by atoms with Crippen molar-refractivity contribution in [2.75, 3.05) is 6.54 Å². The van der Waals surface area contributed by atoms with E-state index in [9.17, 15) is 0 Å². The Morgan fingerprint density at radius 1 is 0.846 bits per heavy atom. The Balaban J connectivity index is 1.66. The average molecular weight is 349 g/mol. The van der Waals surface area contributed by atoms with Gasteiger partial charge in [-0.15, -0.1) is 0 Å². The molecule has 0 spiro atoms. The van der Waals surface area contributed by atoms with Gasteiger partial charge in [-0.05, 0) is 42.6 Å². The molecule has 0 unspecified atom stereocenters. The molecule has 26 heavy (non-hydrogen) atoms. The van der Waals surface area contributed by atoms with Gasteiger partial charge in [0.2, 0.25) is 0 Å². The van der Waals surface area contributed by atoms with Crippen molar-refractivity contribution in [1.82, 2.24) is 9.88 Å². The molecule has 0 saturated heterocycles. The lowest BCUT2D eigenvalue weighted by Gasteiger charge is -2.08. The van der Waals surface area contributed by atoms with Gasteiger partial charge in [0.15, 0.2) is 0 Å². The summed E-state index contributed by atoms with van der Waals surface area (Å²) in [5.74, 6) is 0. The molecule has 3 aromatic rings. The summed E-state index contributed by atoms with van der Waals surface area (Å²) in [5, 5.41) is 5.02. The van der Waals surface area contributed by atoms with Crippen molar-refractivity contribution in [2.45, 2.75) is 59.0 Å². The van der Waals surface area contributed by atoms with Gasteiger partial charge in [-0.2, -0.15) is 0 Å². The van der Waals surface area contributed by atoms with Crippen LogP contribution in [0, 0.1) is 6.92 Å². The van der Waals surface area contributed by atoms with E-state index in [0.29, 0.717) is 0 Å². The summed E-state index contributed by atoms with van der Waals surface area (Å²) in [6.07, 6.45) is 9.01. The third-order valence-electron chi connectivity index (χ3n) is 5.25. The predicted molar refractivity (Wildman–Crippen MR) is 113 cm³/mol. The maximum absolute atomic E-state index is 3.65. The SMILES string of the molecule is CCCCCCCNCc1cn(Cc2ccccc2C)c2ccccc12. The molecule has 0 aliphatic carbocycles. The highest BCUT2D eigenvalue weighted by Gasteiger charge is 2.09. The number of rotatable bonds is 10. The Bertz CT molecular complexity index is 816. The third kappa shape index (κ3) is 4.76. The number of para-hydroxylation sites is 1. The molecule has 2 nitrogen and oxygen atoms in total. The van der Waals surface area contributed by atoms with E-state index in [0.717, 1.165) is 19.6 Å². The number of nitrogens with zero attached hydrogens (tertiary/aromatic N) is 1. The van der Waals surface area contributed by atoms with Gasteiger partial charge in [0, 0.05) is 30.2 Å². The van der Waals surface area contributed by atoms with Crippen molar-refractivity contribution in [3.05, 3.63) is 71.4 Å². The second-order valence-electron chi connectivity index (χ2n) is 7.32. The molecule has 2 aromatic carbocycles. The number of benzene rings is 2. The summed E-state index contributed by atoms with van der Waals surface area (Å²) in [4.78, 5) is 0. The summed E-state index contributed by atoms with van der Waals surface area (Å²) in [7, 11) is 0. The van der Waals surface area contributed by atoms with Gasteiger partial charge in [-0.25, -0.2) is 0 Å². The number of aryl methyl sites for hydroxylation is 1. The van der Waals surface area contributed by atoms with Crippen LogP contribution in [0.15, 0.2) is 54.7 Å². The van der Waals surface area contributed by atoms with E-state index in [1.165, 1.54) is 59.7 Å². The monoisotopic (exact) mass is 348 g/mol. The minimum absolute atomic E-state index is 0.935. The molecule has 1 N–H and O–H groups in total. The maximum Gasteiger partial charge on any atom is 0.0486 e. The van der Waals surface area contributed by atoms with Crippen LogP contribution in [-0.2, 0) is 13.1 Å². The van der Waals surface area contributed by atoms with E-state index >= 15 is 0 Å². The van der Waals surface area contributed by atoms with Crippen LogP contribution in [0.3, 0.4) is 0 Å². The lowest BCUT2D eigenvalue weighted by molar-refractivity contribution is 0.584. The average Bonchev–Trinajstić information content (AvgIpc) is 3.01. The summed E-state index contributed by atoms with van der Waals surface area (Å²) in [6.45, 7) is 7.47. The van der Waals surface area contributed by atoms with Gasteiger partial charge in [0.25, 0.3) is 0 Å². The highest BCUT2D eigenvalue weighted by atomic mass is 15.0. The molecule has 0 aliphatic rings. The molecule has 1 heterocycles. The van der Waals surface area contributed by atoms with E-state index in [4.69, 9.17) is 0 Å². The van der Waals surface area contributed by atoms with E-state index in [2.05, 4.69) is 78.5 Å². The molecule has 1 aromatic heterocycles. The highest BCUT2D eigenvalue weighted by molar-refractivity contribution is 5.84. The van der Waals surface area contributed by atoms with Crippen LogP contribution in [-0.4, -0.2) is 11.1 Å². The van der Waals surface area contributed by atoms with Crippen molar-refractivity contribution < 1.29 is 0 Å². The lowest BCUT2D eigenvalue weighted by Crippen LogP contribution is -2.14. The first kappa shape index (κ1) is 18.7. The number of nitrogens with one attached hydrogen (secondary N) is 1. The van der Waals surface area contributed by atoms with E-state index in [1.54, 1.807) is 0 Å². The zero-order chi connectivity index (χ0) is 18.2. The normalized spacial score (nSPS) is 11.3. The molecule has 0 fully saturated rings. The van der Waals surface area contributed by atoms with Crippen molar-refractivity contribution in [2.24, 2.45) is 0 Å². The number of unbranched alkanes of at least 4 members (excludes halogenated alkanes) is 4. The standard InChI is InChI=1S/C24H32N2/c1-3-4-5-6-11-16-25-17-22-19-26(24-15-10-9-14-23(22)24)18-21-13-8-7-12-20(21)2/h7-10,12-15,19,25H,3-6,11,16-18H2,1-2H3. The lowest BCUT2D eigenvalue weighted by atomic mass is 10.1. The van der Waals surface area contributed by atoms with E-state index in [1.807, 2.05) is 0 Å². The zero-order valence-electron chi connectivity index (χ0n) is 16.3. The van der Waals surface area contributed by atoms with Crippen molar-refractivity contribution >= 4 is 10.9 Å². The van der Waals surface area contributed by atoms with E-state index < -0.39 is 0 Å². The van der Waals surface area contributed by atoms with Crippen LogP contribution in [0.25, 0.3) is 10.9 Å². The molecule has 0 saturated carbocycles. The van der Waals surface area contributed by atoms with Gasteiger partial charge in [-0.1, -0.05) is 75.1 Å². The van der Waals surface area contributed by atoms with Gasteiger partial charge in [0.05, 0.1) is 0 Å². The van der Waals surface area contributed by atoms with Crippen LogP contribution in [0.1, 0.15) is 55.7 Å². The van der Waals surface area contributed by atoms with Gasteiger partial charge >= 0.3 is 0 Å². The van der Waals surface area contributed by atoms with Crippen LogP contribution in [0.4, 0.5) is 0 Å². The minimum Gasteiger partial charge on any atom is -0.343 e. The quantitative estimate of drug-likeness (QED) is 0.441. The Labute approximate surface area is 158 Å². The molecule has 3 rings (SSSR count). The Morgan fingerprint density at radius 3 is 2.46 bits per heavy atom. The number of fused-ring (bicyclic) bond motifs is 1. The van der Waals surface area contributed by atoms with Crippen molar-refractivity contribution in [3.63, 3.8) is 0 Å². The number of hydrogen-bond donors (Lipinski definition) is 1. The molecule has 0 radical (unpaired) electrons. The number of hydrogen-bond acceptors (Lipinski definition) is 1. The first-order chi connectivity index (χ1) is 12.8. The molecule has 0 amide bonds. The molecule has 0 bridgehead atoms. The molecule has 138 valence electrons. The largest absolute Gasteiger partial charge is 0.343 e. The fourth-order valence-electron chi connectivity index (χ4n) is 3.64. The first-order valence-corrected chi connectivity index (χ1v) is 10.1. The Kier molecular flexibility index (Phi) is 6.90. The van der Waals surface area contributed by atoms with Crippen LogP contribution < -0.4 is 5.32 Å². The molecular formula is C24H32N2. The predicted octanol–water partition coefficient (Wildman–Crippen LogP) is 6.06. The highest BCUT2D eigenvalue weighted by Crippen LogP contribution is 2.23. The fourth-order valence-corrected chi connectivity index (χ4v) is 3.64. The van der Waals surface area contributed by atoms with Crippen LogP contribution >= 0.6 is 0 Å². The van der Waals surface area contributed by atoms with Gasteiger partial charge in [0.1, 0.15) is 0 Å². The van der Waals surface area contributed by atoms with E-state index in [-0.39, 0.29) is 0 Å². The first-order valence-electron chi connectivity index (χ1n) is 10.1. The fraction of sp³-hybridized carbons (Fsp3) is 0.417. The minimum atomic E-state index is 0.935. The van der Waals surface area contributed by atoms with Crippen LogP contribution in [0.5, 0.6) is 0 Å². The summed E-state index contributed by atoms with van der Waals surface area (Å²) in [5.41, 5.74) is 5.49. The molecule has 2 heteroatoms. The van der Waals surface area contributed by atoms with Crippen molar-refractivity contribution in [1.29, 1.82) is 0 Å². The van der Waals surface area contributed by atoms with Crippen LogP contribution in [0.2, 0.25) is 0 Å². The summed E-state index contributed by atoms with van der Waals surface area (Å²) in [6, 6.07) is 17.5. The third-order valence-corrected chi connectivity index (χ3v) is 5.25. The maximum atomic E-state index is 3.65. The van der Waals surface area contributed by atoms with Gasteiger partial charge in [-0.3, -0.25) is 0 Å². The Morgan fingerprint density at radius 2 is 1.62 bits per heavy atom. The molecular weight excluding hydrogens is 316 g/mol. The second kappa shape index (κ2) is 9.59. The zero-order valence-corrected chi connectivity index (χ0v) is 16.3. The van der Waals surface area contributed by atoms with Gasteiger partial charge < -0.3 is 9.88 Å².